The number of nitrogens with two attached hydrogens (primary N) is 1. The third-order valence-corrected chi connectivity index (χ3v) is 2.82. The molecule has 0 aromatic rings. The second-order valence-corrected chi connectivity index (χ2v) is 4.13. The Bertz CT molecular complexity index is 253. The summed E-state index contributed by atoms with van der Waals surface area (Å²) in [5.41, 5.74) is 5.42. The summed E-state index contributed by atoms with van der Waals surface area (Å²) in [5.74, 6) is -1.56. The average Bonchev–Trinajstić information content (AvgIpc) is 2.18. The molecule has 1 aliphatic carbocycles. The molecule has 0 saturated heterocycles. The number of rotatable bonds is 3. The van der Waals surface area contributed by atoms with E-state index in [1.807, 2.05) is 0 Å². The van der Waals surface area contributed by atoms with Crippen LogP contribution in [0.5, 0.6) is 0 Å². The molecule has 2 unspecified atom stereocenters. The number of hydrogen-bond donors (Lipinski definition) is 3. The third-order valence-electron chi connectivity index (χ3n) is 2.82. The fraction of sp³-hybridized carbons (Fsp3) is 0.800. The number of carboxylic acids is 1. The molecule has 0 bridgehead atoms. The normalized spacial score (nSPS) is 28.1. The van der Waals surface area contributed by atoms with Gasteiger partial charge in [0.15, 0.2) is 0 Å². The summed E-state index contributed by atoms with van der Waals surface area (Å²) >= 11 is 0. The first kappa shape index (κ1) is 12.0. The van der Waals surface area contributed by atoms with Crippen molar-refractivity contribution in [3.63, 3.8) is 0 Å². The Morgan fingerprint density at radius 1 is 1.40 bits per heavy atom. The maximum atomic E-state index is 11.4. The van der Waals surface area contributed by atoms with Crippen molar-refractivity contribution in [2.24, 2.45) is 11.7 Å². The van der Waals surface area contributed by atoms with Gasteiger partial charge in [0.2, 0.25) is 5.91 Å². The van der Waals surface area contributed by atoms with Crippen LogP contribution in [0.2, 0.25) is 0 Å². The van der Waals surface area contributed by atoms with Crippen LogP contribution in [0.25, 0.3) is 0 Å². The van der Waals surface area contributed by atoms with Crippen molar-refractivity contribution in [1.29, 1.82) is 0 Å². The SMILES string of the molecule is C[C@@H](N)C(=O)NC1CCCCC1C(=O)O. The molecule has 1 aliphatic rings. The van der Waals surface area contributed by atoms with Gasteiger partial charge in [-0.2, -0.15) is 0 Å². The minimum Gasteiger partial charge on any atom is -0.481 e. The van der Waals surface area contributed by atoms with E-state index < -0.39 is 17.9 Å². The first-order valence-corrected chi connectivity index (χ1v) is 5.31. The van der Waals surface area contributed by atoms with Gasteiger partial charge in [0.25, 0.3) is 0 Å². The average molecular weight is 214 g/mol. The Morgan fingerprint density at radius 2 is 2.00 bits per heavy atom. The highest BCUT2D eigenvalue weighted by molar-refractivity contribution is 5.82. The van der Waals surface area contributed by atoms with E-state index in [1.54, 1.807) is 6.92 Å². The van der Waals surface area contributed by atoms with Crippen LogP contribution in [0.1, 0.15) is 32.6 Å². The Hall–Kier alpha value is -1.10. The fourth-order valence-corrected chi connectivity index (χ4v) is 1.91. The quantitative estimate of drug-likeness (QED) is 0.621. The highest BCUT2D eigenvalue weighted by Crippen LogP contribution is 2.24. The lowest BCUT2D eigenvalue weighted by Crippen LogP contribution is -2.49. The van der Waals surface area contributed by atoms with E-state index >= 15 is 0 Å². The van der Waals surface area contributed by atoms with Gasteiger partial charge >= 0.3 is 5.97 Å². The second-order valence-electron chi connectivity index (χ2n) is 4.13. The van der Waals surface area contributed by atoms with Crippen LogP contribution in [-0.2, 0) is 9.59 Å². The van der Waals surface area contributed by atoms with Crippen LogP contribution in [0.3, 0.4) is 0 Å². The van der Waals surface area contributed by atoms with Gasteiger partial charge in [-0.15, -0.1) is 0 Å². The first-order valence-electron chi connectivity index (χ1n) is 5.31. The molecular formula is C10H18N2O3. The van der Waals surface area contributed by atoms with Gasteiger partial charge in [0.05, 0.1) is 12.0 Å². The summed E-state index contributed by atoms with van der Waals surface area (Å²) in [6, 6.07) is -0.837. The zero-order chi connectivity index (χ0) is 11.4. The summed E-state index contributed by atoms with van der Waals surface area (Å²) < 4.78 is 0. The van der Waals surface area contributed by atoms with Gasteiger partial charge in [0, 0.05) is 6.04 Å². The zero-order valence-corrected chi connectivity index (χ0v) is 8.90. The van der Waals surface area contributed by atoms with E-state index in [2.05, 4.69) is 5.32 Å². The first-order chi connectivity index (χ1) is 7.02. The van der Waals surface area contributed by atoms with Crippen molar-refractivity contribution in [3.8, 4) is 0 Å². The van der Waals surface area contributed by atoms with Gasteiger partial charge in [-0.25, -0.2) is 0 Å². The number of nitrogens with one attached hydrogen (secondary N) is 1. The van der Waals surface area contributed by atoms with Crippen LogP contribution < -0.4 is 11.1 Å². The lowest BCUT2D eigenvalue weighted by molar-refractivity contribution is -0.144. The molecule has 1 amide bonds. The van der Waals surface area contributed by atoms with Crippen molar-refractivity contribution in [2.45, 2.75) is 44.7 Å². The standard InChI is InChI=1S/C10H18N2O3/c1-6(11)9(13)12-8-5-3-2-4-7(8)10(14)15/h6-8H,2-5,11H2,1H3,(H,12,13)(H,14,15)/t6-,7?,8?/m1/s1. The number of hydrogen-bond acceptors (Lipinski definition) is 3. The molecule has 5 heteroatoms. The zero-order valence-electron chi connectivity index (χ0n) is 8.90. The second kappa shape index (κ2) is 5.11. The van der Waals surface area contributed by atoms with Gasteiger partial charge in [0.1, 0.15) is 0 Å². The highest BCUT2D eigenvalue weighted by atomic mass is 16.4. The van der Waals surface area contributed by atoms with Gasteiger partial charge in [-0.05, 0) is 19.8 Å². The van der Waals surface area contributed by atoms with E-state index in [0.29, 0.717) is 6.42 Å². The van der Waals surface area contributed by atoms with E-state index in [0.717, 1.165) is 19.3 Å². The van der Waals surface area contributed by atoms with Crippen LogP contribution in [0.4, 0.5) is 0 Å². The molecule has 0 aliphatic heterocycles. The van der Waals surface area contributed by atoms with Gasteiger partial charge < -0.3 is 16.2 Å². The molecule has 1 rings (SSSR count). The molecule has 4 N–H and O–H groups in total. The molecule has 0 aromatic carbocycles. The monoisotopic (exact) mass is 214 g/mol. The summed E-state index contributed by atoms with van der Waals surface area (Å²) in [6.07, 6.45) is 3.25. The molecule has 0 radical (unpaired) electrons. The summed E-state index contributed by atoms with van der Waals surface area (Å²) in [4.78, 5) is 22.3. The van der Waals surface area contributed by atoms with Crippen molar-refractivity contribution < 1.29 is 14.7 Å². The maximum absolute atomic E-state index is 11.4. The fourth-order valence-electron chi connectivity index (χ4n) is 1.91. The molecule has 86 valence electrons. The van der Waals surface area contributed by atoms with E-state index in [-0.39, 0.29) is 11.9 Å². The number of carboxylic acid groups (broad SMARTS) is 1. The third kappa shape index (κ3) is 3.20. The predicted octanol–water partition coefficient (Wildman–Crippen LogP) is 0.0932. The minimum absolute atomic E-state index is 0.255. The largest absolute Gasteiger partial charge is 0.481 e. The molecule has 1 saturated carbocycles. The lowest BCUT2D eigenvalue weighted by atomic mass is 9.84. The minimum atomic E-state index is -0.829. The van der Waals surface area contributed by atoms with Gasteiger partial charge in [-0.1, -0.05) is 12.8 Å². The number of carbonyl (C=O) groups excluding carboxylic acids is 1. The molecule has 15 heavy (non-hydrogen) atoms. The smallest absolute Gasteiger partial charge is 0.308 e. The van der Waals surface area contributed by atoms with Crippen molar-refractivity contribution in [3.05, 3.63) is 0 Å². The number of aliphatic carboxylic acids is 1. The van der Waals surface area contributed by atoms with Crippen molar-refractivity contribution >= 4 is 11.9 Å². The van der Waals surface area contributed by atoms with Gasteiger partial charge in [-0.3, -0.25) is 9.59 Å². The molecule has 1 fully saturated rings. The van der Waals surface area contributed by atoms with Crippen LogP contribution in [0.15, 0.2) is 0 Å². The molecular weight excluding hydrogens is 196 g/mol. The Balaban J connectivity index is 2.57. The Kier molecular flexibility index (Phi) is 4.08. The van der Waals surface area contributed by atoms with Crippen LogP contribution in [-0.4, -0.2) is 29.1 Å². The molecule has 3 atom stereocenters. The Morgan fingerprint density at radius 3 is 2.53 bits per heavy atom. The highest BCUT2D eigenvalue weighted by Gasteiger charge is 2.32. The molecule has 0 spiro atoms. The van der Waals surface area contributed by atoms with Crippen molar-refractivity contribution in [1.82, 2.24) is 5.32 Å². The molecule has 0 aromatic heterocycles. The van der Waals surface area contributed by atoms with Crippen LogP contribution in [0, 0.1) is 5.92 Å². The molecule has 5 nitrogen and oxygen atoms in total. The summed E-state index contributed by atoms with van der Waals surface area (Å²) in [7, 11) is 0. The Labute approximate surface area is 89.0 Å². The topological polar surface area (TPSA) is 92.4 Å². The predicted molar refractivity (Wildman–Crippen MR) is 55.2 cm³/mol. The van der Waals surface area contributed by atoms with E-state index in [4.69, 9.17) is 10.8 Å². The molecule has 0 heterocycles. The number of carbonyl (C=O) groups is 2. The van der Waals surface area contributed by atoms with E-state index in [1.165, 1.54) is 0 Å². The maximum Gasteiger partial charge on any atom is 0.308 e. The van der Waals surface area contributed by atoms with Crippen molar-refractivity contribution in [2.75, 3.05) is 0 Å². The van der Waals surface area contributed by atoms with E-state index in [9.17, 15) is 9.59 Å². The summed E-state index contributed by atoms with van der Waals surface area (Å²) in [6.45, 7) is 1.59. The van der Waals surface area contributed by atoms with Crippen LogP contribution >= 0.6 is 0 Å². The summed E-state index contributed by atoms with van der Waals surface area (Å²) in [5, 5.41) is 11.7. The lowest BCUT2D eigenvalue weighted by Gasteiger charge is -2.29. The number of amides is 1.